The highest BCUT2D eigenvalue weighted by molar-refractivity contribution is 5.49. The van der Waals surface area contributed by atoms with Crippen LogP contribution in [0.1, 0.15) is 377 Å². The Morgan fingerprint density at radius 3 is 0.992 bits per heavy atom. The maximum atomic E-state index is 12.9. The Morgan fingerprint density at radius 1 is 0.273 bits per heavy atom. The summed E-state index contributed by atoms with van der Waals surface area (Å²) in [5.41, 5.74) is 9.06. The molecule has 20 rings (SSSR count). The fraction of sp³-hybridized carbons (Fsp3) is 0.670. The Balaban J connectivity index is 0.000000133. The van der Waals surface area contributed by atoms with E-state index in [2.05, 4.69) is 137 Å². The van der Waals surface area contributed by atoms with Crippen molar-refractivity contribution in [3.8, 4) is 17.2 Å². The number of fused-ring (bicyclic) bond motifs is 4. The van der Waals surface area contributed by atoms with Crippen molar-refractivity contribution < 1.29 is 53.7 Å². The van der Waals surface area contributed by atoms with Gasteiger partial charge in [0, 0.05) is 5.56 Å². The summed E-state index contributed by atoms with van der Waals surface area (Å²) in [7, 11) is 5.20. The van der Waals surface area contributed by atoms with E-state index in [1.54, 1.807) is 90.0 Å². The molecule has 14 fully saturated rings. The Kier molecular flexibility index (Phi) is 33.7. The van der Waals surface area contributed by atoms with E-state index in [-0.39, 0.29) is 11.8 Å². The van der Waals surface area contributed by atoms with E-state index >= 15 is 0 Å². The second-order valence-electron chi connectivity index (χ2n) is 41.2. The minimum atomic E-state index is -4.76. The number of aryl methyl sites for hydroxylation is 3. The Morgan fingerprint density at radius 2 is 0.612 bits per heavy atom. The maximum Gasteiger partial charge on any atom is 0.416 e. The van der Waals surface area contributed by atoms with Gasteiger partial charge < -0.3 is 14.2 Å². The molecule has 0 bridgehead atoms. The minimum absolute atomic E-state index is 0.0998. The van der Waals surface area contributed by atoms with Crippen LogP contribution in [0.15, 0.2) is 127 Å². The first kappa shape index (κ1) is 95.7. The van der Waals surface area contributed by atoms with Crippen molar-refractivity contribution in [3.63, 3.8) is 0 Å². The second kappa shape index (κ2) is 42.6. The molecule has 0 aromatic heterocycles. The molecule has 0 spiro atoms. The summed E-state index contributed by atoms with van der Waals surface area (Å²) in [5.74, 6) is 18.2. The number of hydrogen-bond acceptors (Lipinski definition) is 3. The van der Waals surface area contributed by atoms with Gasteiger partial charge in [-0.25, -0.2) is 0 Å². The Hall–Kier alpha value is -5.91. The molecular formula is C109H153F9O3. The minimum Gasteiger partial charge on any atom is -0.496 e. The first-order chi connectivity index (χ1) is 57.6. The lowest BCUT2D eigenvalue weighted by atomic mass is 9.55. The highest BCUT2D eigenvalue weighted by Gasteiger charge is 2.49. The van der Waals surface area contributed by atoms with Gasteiger partial charge in [-0.05, 0) is 385 Å². The zero-order chi connectivity index (χ0) is 87.3. The van der Waals surface area contributed by atoms with Gasteiger partial charge in [0.1, 0.15) is 17.2 Å². The van der Waals surface area contributed by atoms with Crippen LogP contribution in [-0.2, 0) is 18.5 Å². The fourth-order valence-electron chi connectivity index (χ4n) is 24.1. The van der Waals surface area contributed by atoms with Gasteiger partial charge in [0.15, 0.2) is 0 Å². The van der Waals surface area contributed by atoms with Gasteiger partial charge in [-0.2, -0.15) is 39.5 Å². The van der Waals surface area contributed by atoms with Crippen molar-refractivity contribution in [1.82, 2.24) is 0 Å². The monoisotopic (exact) mass is 1680 g/mol. The summed E-state index contributed by atoms with van der Waals surface area (Å²) in [6, 6.07) is 38.1. The molecule has 0 aliphatic heterocycles. The molecule has 14 aliphatic carbocycles. The van der Waals surface area contributed by atoms with Crippen molar-refractivity contribution >= 4 is 0 Å². The van der Waals surface area contributed by atoms with Crippen molar-refractivity contribution in [3.05, 3.63) is 194 Å². The molecule has 22 unspecified atom stereocenters. The van der Waals surface area contributed by atoms with Gasteiger partial charge in [0.25, 0.3) is 0 Å². The Bertz CT molecular complexity index is 4110. The van der Waals surface area contributed by atoms with Crippen LogP contribution in [0.2, 0.25) is 0 Å². The molecule has 0 amide bonds. The molecule has 0 radical (unpaired) electrons. The summed E-state index contributed by atoms with van der Waals surface area (Å²) in [6.45, 7) is 29.5. The van der Waals surface area contributed by atoms with E-state index in [1.807, 2.05) is 31.2 Å². The van der Waals surface area contributed by atoms with E-state index in [9.17, 15) is 39.5 Å². The fourth-order valence-corrected chi connectivity index (χ4v) is 24.1. The SMILES string of the molecule is CC12CCCC1CC2.CC12CCCCC1CC2.CC1CC2CCCC12.CC1CC2CCCCC12.CC1CCC1c1c(C(F)(F)F)cccc1C(F)(F)F.CC1CCC1c1ccccc1C(F)(F)F.COc1cccc(OC)c1C1CCC1C.COc1ccccc1C1CCC1C.Cc1cccc(C)c1C1CCC1C.Cc1ccccc1C1CCC1C. The molecule has 670 valence electrons. The summed E-state index contributed by atoms with van der Waals surface area (Å²) in [5, 5.41) is 0. The van der Waals surface area contributed by atoms with E-state index in [1.165, 1.54) is 187 Å². The van der Waals surface area contributed by atoms with E-state index in [4.69, 9.17) is 14.2 Å². The number of methoxy groups -OCH3 is 3. The molecule has 0 heterocycles. The normalized spacial score (nSPS) is 33.0. The molecule has 22 atom stereocenters. The number of benzene rings is 6. The quantitative estimate of drug-likeness (QED) is 0.135. The van der Waals surface area contributed by atoms with Gasteiger partial charge in [-0.3, -0.25) is 0 Å². The van der Waals surface area contributed by atoms with E-state index in [0.717, 1.165) is 142 Å². The van der Waals surface area contributed by atoms with Crippen LogP contribution in [0.4, 0.5) is 39.5 Å². The number of hydrogen-bond donors (Lipinski definition) is 0. The first-order valence-corrected chi connectivity index (χ1v) is 48.0. The molecule has 14 saturated carbocycles. The van der Waals surface area contributed by atoms with Gasteiger partial charge in [-0.1, -0.05) is 212 Å². The largest absolute Gasteiger partial charge is 0.496 e. The molecule has 121 heavy (non-hydrogen) atoms. The lowest BCUT2D eigenvalue weighted by Gasteiger charge is -2.50. The number of rotatable bonds is 9. The zero-order valence-corrected chi connectivity index (χ0v) is 76.9. The highest BCUT2D eigenvalue weighted by Crippen LogP contribution is 2.59. The molecular weight excluding hydrogens is 1530 g/mol. The van der Waals surface area contributed by atoms with Crippen molar-refractivity contribution in [2.45, 2.75) is 350 Å². The highest BCUT2D eigenvalue weighted by atomic mass is 19.4. The summed E-state index contributed by atoms with van der Waals surface area (Å²) in [4.78, 5) is 0. The van der Waals surface area contributed by atoms with Crippen LogP contribution in [0.5, 0.6) is 17.2 Å². The number of halogens is 9. The number of para-hydroxylation sites is 1. The molecule has 0 N–H and O–H groups in total. The third kappa shape index (κ3) is 23.5. The zero-order valence-electron chi connectivity index (χ0n) is 76.9. The molecule has 6 aromatic carbocycles. The molecule has 3 nitrogen and oxygen atoms in total. The Labute approximate surface area is 725 Å². The number of alkyl halides is 9. The smallest absolute Gasteiger partial charge is 0.416 e. The van der Waals surface area contributed by atoms with Gasteiger partial charge >= 0.3 is 18.5 Å². The van der Waals surface area contributed by atoms with Crippen molar-refractivity contribution in [2.75, 3.05) is 21.3 Å². The van der Waals surface area contributed by atoms with Crippen molar-refractivity contribution in [2.24, 2.45) is 93.7 Å². The van der Waals surface area contributed by atoms with Crippen LogP contribution in [0.3, 0.4) is 0 Å². The lowest BCUT2D eigenvalue weighted by Crippen LogP contribution is -2.39. The van der Waals surface area contributed by atoms with Gasteiger partial charge in [0.2, 0.25) is 0 Å². The third-order valence-electron chi connectivity index (χ3n) is 33.8. The van der Waals surface area contributed by atoms with Crippen LogP contribution in [0.25, 0.3) is 0 Å². The topological polar surface area (TPSA) is 27.7 Å². The summed E-state index contributed by atoms with van der Waals surface area (Å²) >= 11 is 0. The molecule has 0 saturated heterocycles. The summed E-state index contributed by atoms with van der Waals surface area (Å²) < 4.78 is 132. The number of ether oxygens (including phenoxy) is 3. The second-order valence-corrected chi connectivity index (χ2v) is 41.2. The van der Waals surface area contributed by atoms with Gasteiger partial charge in [-0.15, -0.1) is 0 Å². The third-order valence-corrected chi connectivity index (χ3v) is 33.8. The van der Waals surface area contributed by atoms with Gasteiger partial charge in [0.05, 0.1) is 38.0 Å². The van der Waals surface area contributed by atoms with Crippen LogP contribution >= 0.6 is 0 Å². The molecule has 12 heteroatoms. The predicted molar refractivity (Wildman–Crippen MR) is 482 cm³/mol. The molecule has 14 aliphatic rings. The summed E-state index contributed by atoms with van der Waals surface area (Å²) in [6.07, 6.45) is 30.7. The van der Waals surface area contributed by atoms with Crippen LogP contribution in [0, 0.1) is 114 Å². The van der Waals surface area contributed by atoms with Crippen LogP contribution < -0.4 is 14.2 Å². The van der Waals surface area contributed by atoms with Crippen molar-refractivity contribution in [1.29, 1.82) is 0 Å². The average molecular weight is 1680 g/mol. The first-order valence-electron chi connectivity index (χ1n) is 48.0. The maximum absolute atomic E-state index is 12.9. The molecule has 6 aromatic rings. The average Bonchev–Trinajstić information content (AvgIpc) is 1.33. The van der Waals surface area contributed by atoms with Crippen LogP contribution in [-0.4, -0.2) is 21.3 Å². The standard InChI is InChI=1S/C13H12F6.C13H18O2.C13H18.C12H13F3.C12H16O.C12H16.2C9H16.2C8H14/c1-7-5-6-8(7)11-9(12(14,15)16)3-2-4-10(11)13(17,18)19;1-9-7-8-10(9)13-11(14-2)5-4-6-12(13)15-3;1-9-7-8-12(9)13-10(2)5-4-6-11(13)3;1-8-6-7-9(8)10-4-2-3-5-11(10)12(13,14)15;1-9-7-8-10(9)11-5-3-4-6-12(11)13-2;1-9-5-3-4-6-11(9)12-8-7-10(12)2;1-9-6-3-2-4-8(9)5-7-9;1-7-6-8-4-2-3-5-9(7)8;1-8-5-2-3-7(8)4-6-8;1-6-5-7-3-2-4-8(6)7/h2-4,7-8H,5-6H2,1H3;4-6,9-10H,7-8H2,1-3H3;4-6,9,12H,7-8H2,1-3H3;2-5,8-9H,6-7H2,1H3;3-6,9-10H,7-8H2,1-2H3;3-6,10,12H,7-8H2,1-2H3;8H,2-7H2,1H3;7-9H,2-6H2,1H3;7H,2-6H2,1H3;6-8H,2-5H2,1H3. The van der Waals surface area contributed by atoms with E-state index in [0.29, 0.717) is 30.2 Å². The van der Waals surface area contributed by atoms with E-state index < -0.39 is 46.7 Å². The lowest BCUT2D eigenvalue weighted by molar-refractivity contribution is -0.145. The predicted octanol–water partition coefficient (Wildman–Crippen LogP) is 34.0.